The lowest BCUT2D eigenvalue weighted by molar-refractivity contribution is -0.186. The number of aromatic amines is 1. The normalized spacial score (nSPS) is 29.7. The summed E-state index contributed by atoms with van der Waals surface area (Å²) in [4.78, 5) is 35.7. The SMILES string of the molecule is COc1ccc2[nH]c3c(c2c1)C[C@@H](CO)N[C@]31CS[C@@H]2c3c(OC(C)=O)c(C)c4c(c3[C@H](COC1=O)N1[C@@H]2[C@H]2c3c(cc(C)c(OC)c3O)C[C@@H]([C@@H]1O)N2C)OCO4. The minimum atomic E-state index is -1.47. The third-order valence-electron chi connectivity index (χ3n) is 13.2. The van der Waals surface area contributed by atoms with E-state index in [-0.39, 0.29) is 31.5 Å². The molecule has 0 amide bonds. The number of carbonyl (C=O) groups excluding carboxylic acids is 2. The Morgan fingerprint density at radius 2 is 1.84 bits per heavy atom. The number of hydrogen-bond donors (Lipinski definition) is 5. The van der Waals surface area contributed by atoms with Gasteiger partial charge in [-0.3, -0.25) is 19.9 Å². The molecule has 1 aromatic heterocycles. The number of esters is 2. The Bertz CT molecular complexity index is 2420. The molecule has 4 bridgehead atoms. The molecule has 8 heterocycles. The number of phenolic OH excluding ortho intramolecular Hbond substituents is 1. The first-order valence-electron chi connectivity index (χ1n) is 19.5. The number of likely N-dealkylation sites (N-methyl/N-ethyl adjacent to an activating group) is 1. The molecule has 8 atom stereocenters. The molecule has 306 valence electrons. The van der Waals surface area contributed by atoms with E-state index >= 15 is 4.79 Å². The minimum absolute atomic E-state index is 0.0326. The van der Waals surface area contributed by atoms with Gasteiger partial charge >= 0.3 is 11.9 Å². The number of fused-ring (bicyclic) bond motifs is 11. The van der Waals surface area contributed by atoms with Gasteiger partial charge in [0, 0.05) is 57.9 Å². The fourth-order valence-electron chi connectivity index (χ4n) is 10.8. The highest BCUT2D eigenvalue weighted by Crippen LogP contribution is 2.64. The van der Waals surface area contributed by atoms with E-state index < -0.39 is 59.2 Å². The van der Waals surface area contributed by atoms with E-state index in [4.69, 9.17) is 28.4 Å². The Labute approximate surface area is 338 Å². The lowest BCUT2D eigenvalue weighted by atomic mass is 9.73. The number of aromatic hydroxyl groups is 1. The summed E-state index contributed by atoms with van der Waals surface area (Å²) in [5.74, 6) is 1.28. The van der Waals surface area contributed by atoms with Gasteiger partial charge in [0.2, 0.25) is 6.79 Å². The lowest BCUT2D eigenvalue weighted by Crippen LogP contribution is -2.70. The Hall–Kier alpha value is -4.71. The number of H-pyrrole nitrogens is 1. The highest BCUT2D eigenvalue weighted by atomic mass is 32.2. The number of aliphatic hydroxyl groups is 2. The van der Waals surface area contributed by atoms with Crippen molar-refractivity contribution in [1.29, 1.82) is 0 Å². The molecule has 3 aromatic carbocycles. The average Bonchev–Trinajstić information content (AvgIpc) is 3.85. The Balaban J connectivity index is 1.24. The summed E-state index contributed by atoms with van der Waals surface area (Å²) in [6.45, 7) is 4.55. The third kappa shape index (κ3) is 5.05. The van der Waals surface area contributed by atoms with E-state index in [9.17, 15) is 20.1 Å². The predicted octanol–water partition coefficient (Wildman–Crippen LogP) is 3.55. The maximum Gasteiger partial charge on any atom is 0.333 e. The molecular formula is C42H46N4O11S. The van der Waals surface area contributed by atoms with Crippen molar-refractivity contribution in [2.24, 2.45) is 0 Å². The van der Waals surface area contributed by atoms with Crippen molar-refractivity contribution < 1.29 is 53.3 Å². The standard InChI is InChI=1S/C42H46N4O11S/c1-17-9-20-10-26-40(50)46-27-14-54-41(51)42(39-24(11-21(13-47)44-42)23-12-22(52-5)7-8-25(23)43-39)15-58-38(32(46)31(45(26)4)28(20)33(49)34(17)53-6)30-29(27)37-36(55-16-56-37)18(2)35(30)57-19(3)48/h7-9,12,21,26-27,31-32,38,40,43-44,47,49-50H,10-11,13-16H2,1-6H3/t21-,26-,27-,31+,32+,38+,40-,42+/m0/s1. The number of piperazine rings is 1. The Morgan fingerprint density at radius 1 is 1.05 bits per heavy atom. The van der Waals surface area contributed by atoms with Crippen LogP contribution in [0, 0.1) is 13.8 Å². The molecule has 1 spiro atoms. The number of aliphatic hydroxyl groups excluding tert-OH is 2. The van der Waals surface area contributed by atoms with Crippen LogP contribution in [0.4, 0.5) is 0 Å². The van der Waals surface area contributed by atoms with Gasteiger partial charge < -0.3 is 48.7 Å². The zero-order chi connectivity index (χ0) is 40.5. The largest absolute Gasteiger partial charge is 0.504 e. The van der Waals surface area contributed by atoms with Crippen molar-refractivity contribution in [1.82, 2.24) is 20.1 Å². The van der Waals surface area contributed by atoms with Crippen LogP contribution < -0.4 is 29.0 Å². The van der Waals surface area contributed by atoms with Gasteiger partial charge in [0.1, 0.15) is 24.3 Å². The van der Waals surface area contributed by atoms with Crippen LogP contribution in [0.1, 0.15) is 68.9 Å². The molecule has 16 heteroatoms. The first-order chi connectivity index (χ1) is 27.9. The monoisotopic (exact) mass is 814 g/mol. The zero-order valence-electron chi connectivity index (χ0n) is 33.0. The van der Waals surface area contributed by atoms with Crippen LogP contribution in [0.3, 0.4) is 0 Å². The molecular weight excluding hydrogens is 769 g/mol. The highest BCUT2D eigenvalue weighted by Gasteiger charge is 2.62. The molecule has 5 N–H and O–H groups in total. The fourth-order valence-corrected chi connectivity index (χ4v) is 12.5. The van der Waals surface area contributed by atoms with Gasteiger partial charge in [-0.2, -0.15) is 0 Å². The molecule has 0 aliphatic carbocycles. The molecule has 0 unspecified atom stereocenters. The molecule has 7 aliphatic heterocycles. The molecule has 2 fully saturated rings. The second-order valence-corrected chi connectivity index (χ2v) is 17.3. The maximum absolute atomic E-state index is 15.0. The van der Waals surface area contributed by atoms with Crippen LogP contribution in [0.5, 0.6) is 34.5 Å². The summed E-state index contributed by atoms with van der Waals surface area (Å²) in [6, 6.07) is 4.91. The molecule has 0 saturated carbocycles. The summed E-state index contributed by atoms with van der Waals surface area (Å²) in [5, 5.41) is 39.2. The van der Waals surface area contributed by atoms with Gasteiger partial charge in [0.25, 0.3) is 0 Å². The van der Waals surface area contributed by atoms with Crippen molar-refractivity contribution in [3.05, 3.63) is 68.9 Å². The maximum atomic E-state index is 15.0. The number of phenols is 1. The summed E-state index contributed by atoms with van der Waals surface area (Å²) in [6.07, 6.45) is -0.174. The topological polar surface area (TPSA) is 185 Å². The molecule has 7 aliphatic rings. The number of methoxy groups -OCH3 is 2. The van der Waals surface area contributed by atoms with Crippen molar-refractivity contribution in [2.75, 3.05) is 47.0 Å². The number of carbonyl (C=O) groups is 2. The number of thioether (sulfide) groups is 1. The first-order valence-corrected chi connectivity index (χ1v) is 20.5. The highest BCUT2D eigenvalue weighted by molar-refractivity contribution is 7.99. The van der Waals surface area contributed by atoms with Crippen LogP contribution >= 0.6 is 11.8 Å². The number of nitrogens with zero attached hydrogens (tertiary/aromatic N) is 2. The Kier molecular flexibility index (Phi) is 8.68. The van der Waals surface area contributed by atoms with Crippen LogP contribution in [0.25, 0.3) is 10.9 Å². The van der Waals surface area contributed by atoms with Gasteiger partial charge in [-0.25, -0.2) is 4.79 Å². The van der Waals surface area contributed by atoms with Crippen molar-refractivity contribution in [3.8, 4) is 34.5 Å². The van der Waals surface area contributed by atoms with E-state index in [1.807, 2.05) is 50.1 Å². The lowest BCUT2D eigenvalue weighted by Gasteiger charge is -2.62. The fraction of sp³-hybridized carbons (Fsp3) is 0.476. The van der Waals surface area contributed by atoms with Crippen molar-refractivity contribution >= 4 is 34.6 Å². The molecule has 11 rings (SSSR count). The number of benzene rings is 3. The second-order valence-electron chi connectivity index (χ2n) is 16.2. The van der Waals surface area contributed by atoms with Gasteiger partial charge in [0.05, 0.1) is 49.9 Å². The Morgan fingerprint density at radius 3 is 2.59 bits per heavy atom. The number of aromatic nitrogens is 1. The number of rotatable bonds is 4. The van der Waals surface area contributed by atoms with Gasteiger partial charge in [-0.15, -0.1) is 11.8 Å². The smallest absolute Gasteiger partial charge is 0.333 e. The summed E-state index contributed by atoms with van der Waals surface area (Å²) in [5.41, 5.74) is 5.08. The summed E-state index contributed by atoms with van der Waals surface area (Å²) in [7, 11) is 5.10. The van der Waals surface area contributed by atoms with Crippen LogP contribution in [0.15, 0.2) is 24.3 Å². The molecule has 15 nitrogen and oxygen atoms in total. The second kappa shape index (κ2) is 13.4. The summed E-state index contributed by atoms with van der Waals surface area (Å²) >= 11 is 1.46. The van der Waals surface area contributed by atoms with E-state index in [2.05, 4.69) is 15.2 Å². The predicted molar refractivity (Wildman–Crippen MR) is 211 cm³/mol. The average molecular weight is 815 g/mol. The quantitative estimate of drug-likeness (QED) is 0.149. The molecule has 4 aromatic rings. The molecule has 2 saturated heterocycles. The number of nitrogens with one attached hydrogen (secondary N) is 2. The number of aryl methyl sites for hydroxylation is 1. The van der Waals surface area contributed by atoms with E-state index in [1.54, 1.807) is 7.11 Å². The number of ether oxygens (including phenoxy) is 6. The van der Waals surface area contributed by atoms with Crippen LogP contribution in [0.2, 0.25) is 0 Å². The van der Waals surface area contributed by atoms with Gasteiger partial charge in [-0.1, -0.05) is 6.07 Å². The van der Waals surface area contributed by atoms with Crippen LogP contribution in [-0.4, -0.2) is 113 Å². The zero-order valence-corrected chi connectivity index (χ0v) is 33.8. The van der Waals surface area contributed by atoms with Crippen LogP contribution in [-0.2, 0) is 32.7 Å². The molecule has 0 radical (unpaired) electrons. The van der Waals surface area contributed by atoms with Crippen molar-refractivity contribution in [2.45, 2.75) is 80.8 Å². The van der Waals surface area contributed by atoms with Gasteiger partial charge in [-0.05, 0) is 68.6 Å². The third-order valence-corrected chi connectivity index (χ3v) is 14.7. The first kappa shape index (κ1) is 37.6. The van der Waals surface area contributed by atoms with E-state index in [0.29, 0.717) is 69.5 Å². The van der Waals surface area contributed by atoms with Crippen molar-refractivity contribution in [3.63, 3.8) is 0 Å². The van der Waals surface area contributed by atoms with E-state index in [1.165, 1.54) is 25.8 Å². The minimum Gasteiger partial charge on any atom is -0.504 e. The number of hydrogen-bond acceptors (Lipinski definition) is 15. The van der Waals surface area contributed by atoms with E-state index in [0.717, 1.165) is 27.6 Å². The molecule has 58 heavy (non-hydrogen) atoms. The summed E-state index contributed by atoms with van der Waals surface area (Å²) < 4.78 is 36.2. The van der Waals surface area contributed by atoms with Gasteiger partial charge in [0.15, 0.2) is 28.5 Å².